The quantitative estimate of drug-likeness (QED) is 0.701. The molecule has 0 bridgehead atoms. The van der Waals surface area contributed by atoms with Gasteiger partial charge in [0, 0.05) is 12.1 Å². The molecule has 0 atom stereocenters. The number of aromatic hydroxyl groups is 3. The van der Waals surface area contributed by atoms with Gasteiger partial charge in [0.1, 0.15) is 11.5 Å². The Balaban J connectivity index is 0.000000191. The van der Waals surface area contributed by atoms with Gasteiger partial charge in [-0.3, -0.25) is 0 Å². The van der Waals surface area contributed by atoms with Crippen molar-refractivity contribution in [1.82, 2.24) is 0 Å². The van der Waals surface area contributed by atoms with Gasteiger partial charge in [-0.25, -0.2) is 0 Å². The fourth-order valence-electron chi connectivity index (χ4n) is 1.16. The van der Waals surface area contributed by atoms with E-state index in [1.54, 1.807) is 24.3 Å². The van der Waals surface area contributed by atoms with E-state index in [0.29, 0.717) is 5.75 Å². The van der Waals surface area contributed by atoms with Crippen LogP contribution in [0.3, 0.4) is 0 Å². The van der Waals surface area contributed by atoms with Gasteiger partial charge in [-0.15, -0.1) is 0 Å². The Morgan fingerprint density at radius 3 is 1.68 bits per heavy atom. The maximum Gasteiger partial charge on any atom is 0.160 e. The van der Waals surface area contributed by atoms with Gasteiger partial charge < -0.3 is 20.1 Å². The van der Waals surface area contributed by atoms with Crippen LogP contribution in [0.1, 0.15) is 0 Å². The molecule has 0 spiro atoms. The zero-order valence-corrected chi connectivity index (χ0v) is 11.5. The number of hydrogen-bond acceptors (Lipinski definition) is 4. The van der Waals surface area contributed by atoms with Crippen molar-refractivity contribution in [2.45, 2.75) is 0 Å². The van der Waals surface area contributed by atoms with Crippen molar-refractivity contribution >= 4 is 23.2 Å². The van der Waals surface area contributed by atoms with Crippen LogP contribution in [0.5, 0.6) is 23.0 Å². The van der Waals surface area contributed by atoms with E-state index < -0.39 is 0 Å². The lowest BCUT2D eigenvalue weighted by Crippen LogP contribution is -1.80. The van der Waals surface area contributed by atoms with Crippen LogP contribution in [0.25, 0.3) is 0 Å². The summed E-state index contributed by atoms with van der Waals surface area (Å²) in [6.07, 6.45) is 0. The second-order valence-electron chi connectivity index (χ2n) is 3.43. The molecule has 0 radical (unpaired) electrons. The van der Waals surface area contributed by atoms with Crippen molar-refractivity contribution in [1.29, 1.82) is 0 Å². The SMILES string of the molecule is COc1ccccc1O.Oc1cc(Cl)c(O)cc1Cl. The fourth-order valence-corrected chi connectivity index (χ4v) is 1.47. The number of hydrogen-bond donors (Lipinski definition) is 3. The predicted molar refractivity (Wildman–Crippen MR) is 74.5 cm³/mol. The lowest BCUT2D eigenvalue weighted by molar-refractivity contribution is 0.373. The Labute approximate surface area is 120 Å². The number of methoxy groups -OCH3 is 1. The van der Waals surface area contributed by atoms with Crippen LogP contribution in [0.2, 0.25) is 10.0 Å². The number of para-hydroxylation sites is 2. The minimum Gasteiger partial charge on any atom is -0.506 e. The van der Waals surface area contributed by atoms with Crippen molar-refractivity contribution in [3.05, 3.63) is 46.4 Å². The molecule has 3 N–H and O–H groups in total. The number of phenols is 3. The van der Waals surface area contributed by atoms with E-state index in [9.17, 15) is 0 Å². The smallest absolute Gasteiger partial charge is 0.160 e. The van der Waals surface area contributed by atoms with Crippen LogP contribution >= 0.6 is 23.2 Å². The Morgan fingerprint density at radius 2 is 1.32 bits per heavy atom. The average molecular weight is 303 g/mol. The van der Waals surface area contributed by atoms with Gasteiger partial charge in [-0.1, -0.05) is 35.3 Å². The molecule has 0 heterocycles. The summed E-state index contributed by atoms with van der Waals surface area (Å²) in [5.74, 6) is 0.423. The Morgan fingerprint density at radius 1 is 0.842 bits per heavy atom. The van der Waals surface area contributed by atoms with Crippen molar-refractivity contribution in [2.75, 3.05) is 7.11 Å². The van der Waals surface area contributed by atoms with Gasteiger partial charge >= 0.3 is 0 Å². The molecule has 2 rings (SSSR count). The third-order valence-corrected chi connectivity index (χ3v) is 2.71. The zero-order valence-electron chi connectivity index (χ0n) is 9.97. The van der Waals surface area contributed by atoms with E-state index in [4.69, 9.17) is 43.3 Å². The zero-order chi connectivity index (χ0) is 14.4. The highest BCUT2D eigenvalue weighted by Crippen LogP contribution is 2.33. The van der Waals surface area contributed by atoms with E-state index in [1.165, 1.54) is 19.2 Å². The summed E-state index contributed by atoms with van der Waals surface area (Å²) in [5, 5.41) is 26.9. The van der Waals surface area contributed by atoms with E-state index in [0.717, 1.165) is 0 Å². The highest BCUT2D eigenvalue weighted by atomic mass is 35.5. The Bertz CT molecular complexity index is 508. The second-order valence-corrected chi connectivity index (χ2v) is 4.24. The summed E-state index contributed by atoms with van der Waals surface area (Å²) in [6, 6.07) is 9.20. The number of benzene rings is 2. The lowest BCUT2D eigenvalue weighted by Gasteiger charge is -1.99. The van der Waals surface area contributed by atoms with Gasteiger partial charge in [-0.2, -0.15) is 0 Å². The molecule has 4 nitrogen and oxygen atoms in total. The number of ether oxygens (including phenoxy) is 1. The summed E-state index contributed by atoms with van der Waals surface area (Å²) in [6.45, 7) is 0. The van der Waals surface area contributed by atoms with Gasteiger partial charge in [0.05, 0.1) is 17.2 Å². The summed E-state index contributed by atoms with van der Waals surface area (Å²) in [5.41, 5.74) is 0. The molecule has 2 aromatic rings. The van der Waals surface area contributed by atoms with Gasteiger partial charge in [-0.05, 0) is 12.1 Å². The van der Waals surface area contributed by atoms with Crippen molar-refractivity contribution in [3.63, 3.8) is 0 Å². The Kier molecular flexibility index (Phi) is 5.60. The van der Waals surface area contributed by atoms with Crippen LogP contribution in [0, 0.1) is 0 Å². The molecule has 0 saturated carbocycles. The van der Waals surface area contributed by atoms with E-state index in [1.807, 2.05) is 0 Å². The standard InChI is InChI=1S/C7H8O2.C6H4Cl2O2/c1-9-7-5-3-2-4-6(7)8;7-3-1-5(9)4(8)2-6(3)10/h2-5,8H,1H3;1-2,9-10H. The topological polar surface area (TPSA) is 69.9 Å². The summed E-state index contributed by atoms with van der Waals surface area (Å²) in [4.78, 5) is 0. The maximum absolute atomic E-state index is 8.99. The molecule has 0 aliphatic rings. The summed E-state index contributed by atoms with van der Waals surface area (Å²) < 4.78 is 4.79. The molecule has 0 aliphatic heterocycles. The van der Waals surface area contributed by atoms with Crippen LogP contribution < -0.4 is 4.74 Å². The largest absolute Gasteiger partial charge is 0.506 e. The van der Waals surface area contributed by atoms with Crippen molar-refractivity contribution in [2.24, 2.45) is 0 Å². The van der Waals surface area contributed by atoms with Crippen LogP contribution in [0.15, 0.2) is 36.4 Å². The van der Waals surface area contributed by atoms with Gasteiger partial charge in [0.25, 0.3) is 0 Å². The molecule has 0 fully saturated rings. The molecular weight excluding hydrogens is 291 g/mol. The molecule has 2 aromatic carbocycles. The van der Waals surface area contributed by atoms with Crippen molar-refractivity contribution in [3.8, 4) is 23.0 Å². The minimum atomic E-state index is -0.135. The predicted octanol–water partition coefficient (Wildman–Crippen LogP) is 3.81. The highest BCUT2D eigenvalue weighted by molar-refractivity contribution is 6.35. The molecule has 0 aromatic heterocycles. The average Bonchev–Trinajstić information content (AvgIpc) is 2.38. The fraction of sp³-hybridized carbons (Fsp3) is 0.0769. The Hall–Kier alpha value is -1.78. The lowest BCUT2D eigenvalue weighted by atomic mass is 10.3. The molecular formula is C13H12Cl2O4. The molecule has 102 valence electrons. The van der Waals surface area contributed by atoms with Crippen LogP contribution in [-0.4, -0.2) is 22.4 Å². The first-order valence-electron chi connectivity index (χ1n) is 5.14. The molecule has 0 unspecified atom stereocenters. The van der Waals surface area contributed by atoms with E-state index in [2.05, 4.69) is 0 Å². The number of phenolic OH excluding ortho intramolecular Hbond substituents is 3. The molecule has 6 heteroatoms. The maximum atomic E-state index is 8.99. The first kappa shape index (κ1) is 15.3. The van der Waals surface area contributed by atoms with E-state index in [-0.39, 0.29) is 27.3 Å². The van der Waals surface area contributed by atoms with Crippen LogP contribution in [-0.2, 0) is 0 Å². The monoisotopic (exact) mass is 302 g/mol. The first-order chi connectivity index (χ1) is 8.95. The van der Waals surface area contributed by atoms with Gasteiger partial charge in [0.15, 0.2) is 11.5 Å². The van der Waals surface area contributed by atoms with Gasteiger partial charge in [0.2, 0.25) is 0 Å². The third kappa shape index (κ3) is 4.43. The van der Waals surface area contributed by atoms with E-state index >= 15 is 0 Å². The number of rotatable bonds is 1. The molecule has 19 heavy (non-hydrogen) atoms. The third-order valence-electron chi connectivity index (χ3n) is 2.10. The summed E-state index contributed by atoms with van der Waals surface area (Å²) in [7, 11) is 1.52. The normalized spacial score (nSPS) is 9.42. The highest BCUT2D eigenvalue weighted by Gasteiger charge is 2.03. The number of halogens is 2. The second kappa shape index (κ2) is 6.97. The first-order valence-corrected chi connectivity index (χ1v) is 5.90. The summed E-state index contributed by atoms with van der Waals surface area (Å²) >= 11 is 10.8. The van der Waals surface area contributed by atoms with Crippen molar-refractivity contribution < 1.29 is 20.1 Å². The van der Waals surface area contributed by atoms with Crippen LogP contribution in [0.4, 0.5) is 0 Å². The molecule has 0 aliphatic carbocycles. The molecule has 0 amide bonds. The minimum absolute atomic E-state index is 0.0851. The molecule has 0 saturated heterocycles.